The number of nitrogens with one attached hydrogen (secondary N) is 1. The van der Waals surface area contributed by atoms with E-state index in [1.54, 1.807) is 7.11 Å². The molecule has 0 heterocycles. The zero-order chi connectivity index (χ0) is 16.7. The van der Waals surface area contributed by atoms with Gasteiger partial charge in [-0.1, -0.05) is 32.9 Å². The lowest BCUT2D eigenvalue weighted by molar-refractivity contribution is 0.0953. The Morgan fingerprint density at radius 1 is 1.30 bits per heavy atom. The Labute approximate surface area is 138 Å². The molecule has 0 spiro atoms. The van der Waals surface area contributed by atoms with Crippen LogP contribution in [0.3, 0.4) is 0 Å². The predicted molar refractivity (Wildman–Crippen MR) is 91.3 cm³/mol. The molecule has 2 fully saturated rings. The molecule has 1 N–H and O–H groups in total. The number of hydrogen-bond donors (Lipinski definition) is 1. The van der Waals surface area contributed by atoms with Crippen LogP contribution < -0.4 is 5.43 Å². The summed E-state index contributed by atoms with van der Waals surface area (Å²) in [5.41, 5.74) is 5.99. The monoisotopic (exact) mass is 314 g/mol. The molecule has 1 amide bonds. The number of amides is 1. The van der Waals surface area contributed by atoms with Crippen molar-refractivity contribution in [1.29, 1.82) is 0 Å². The molecule has 4 nitrogen and oxygen atoms in total. The first kappa shape index (κ1) is 16.2. The number of methoxy groups -OCH3 is 1. The quantitative estimate of drug-likeness (QED) is 0.860. The van der Waals surface area contributed by atoms with Crippen LogP contribution >= 0.6 is 0 Å². The summed E-state index contributed by atoms with van der Waals surface area (Å²) in [6.45, 7) is 7.52. The van der Waals surface area contributed by atoms with E-state index >= 15 is 0 Å². The Hall–Kier alpha value is -1.68. The number of ether oxygens (including phenoxy) is 1. The predicted octanol–water partition coefficient (Wildman–Crippen LogP) is 3.77. The molecule has 0 unspecified atom stereocenters. The van der Waals surface area contributed by atoms with Crippen molar-refractivity contribution in [3.8, 4) is 0 Å². The first-order chi connectivity index (χ1) is 10.9. The second-order valence-corrected chi connectivity index (χ2v) is 7.62. The fraction of sp³-hybridized carbons (Fsp3) is 0.579. The van der Waals surface area contributed by atoms with Crippen molar-refractivity contribution in [2.24, 2.45) is 21.8 Å². The van der Waals surface area contributed by atoms with Crippen LogP contribution in [0.5, 0.6) is 0 Å². The zero-order valence-electron chi connectivity index (χ0n) is 14.5. The van der Waals surface area contributed by atoms with Crippen molar-refractivity contribution < 1.29 is 9.53 Å². The van der Waals surface area contributed by atoms with E-state index in [0.29, 0.717) is 18.1 Å². The molecule has 4 heteroatoms. The van der Waals surface area contributed by atoms with Gasteiger partial charge >= 0.3 is 0 Å². The molecule has 0 aromatic heterocycles. The topological polar surface area (TPSA) is 50.7 Å². The van der Waals surface area contributed by atoms with Crippen molar-refractivity contribution in [2.75, 3.05) is 7.11 Å². The zero-order valence-corrected chi connectivity index (χ0v) is 14.5. The van der Waals surface area contributed by atoms with Gasteiger partial charge in [-0.25, -0.2) is 5.43 Å². The third-order valence-corrected chi connectivity index (χ3v) is 6.33. The van der Waals surface area contributed by atoms with Gasteiger partial charge in [-0.2, -0.15) is 5.10 Å². The summed E-state index contributed by atoms with van der Waals surface area (Å²) in [5, 5.41) is 4.50. The summed E-state index contributed by atoms with van der Waals surface area (Å²) in [7, 11) is 1.66. The lowest BCUT2D eigenvalue weighted by Gasteiger charge is -2.34. The van der Waals surface area contributed by atoms with Gasteiger partial charge in [0.25, 0.3) is 5.91 Å². The number of hydrogen-bond acceptors (Lipinski definition) is 3. The van der Waals surface area contributed by atoms with Crippen molar-refractivity contribution in [3.63, 3.8) is 0 Å². The Bertz CT molecular complexity index is 633. The van der Waals surface area contributed by atoms with Gasteiger partial charge in [-0.3, -0.25) is 4.79 Å². The highest BCUT2D eigenvalue weighted by Crippen LogP contribution is 2.63. The summed E-state index contributed by atoms with van der Waals surface area (Å²) >= 11 is 0. The van der Waals surface area contributed by atoms with Gasteiger partial charge in [0.15, 0.2) is 0 Å². The maximum atomic E-state index is 12.3. The third-order valence-electron chi connectivity index (χ3n) is 6.33. The normalized spacial score (nSPS) is 29.9. The van der Waals surface area contributed by atoms with Crippen LogP contribution in [0.2, 0.25) is 0 Å². The highest BCUT2D eigenvalue weighted by Gasteiger charge is 2.59. The molecule has 3 rings (SSSR count). The van der Waals surface area contributed by atoms with Crippen LogP contribution in [-0.4, -0.2) is 18.7 Å². The molecule has 0 aliphatic heterocycles. The number of rotatable bonds is 4. The number of fused-ring (bicyclic) bond motifs is 2. The minimum atomic E-state index is -0.148. The number of carbonyl (C=O) groups is 1. The van der Waals surface area contributed by atoms with Crippen LogP contribution in [0.1, 0.15) is 56.0 Å². The standard InChI is InChI=1S/C19H26N2O2/c1-18(2)15-9-10-19(18,3)16(11-15)20-21-17(22)14-7-5-13(6-8-14)12-23-4/h5-8,15H,9-12H2,1-4H3,(H,21,22)/b20-16-/t15-,19+/m0/s1. The first-order valence-electron chi connectivity index (χ1n) is 8.34. The fourth-order valence-electron chi connectivity index (χ4n) is 4.20. The van der Waals surface area contributed by atoms with E-state index in [9.17, 15) is 4.79 Å². The van der Waals surface area contributed by atoms with E-state index < -0.39 is 0 Å². The van der Waals surface area contributed by atoms with E-state index in [2.05, 4.69) is 31.3 Å². The van der Waals surface area contributed by atoms with E-state index in [-0.39, 0.29) is 16.7 Å². The largest absolute Gasteiger partial charge is 0.380 e. The van der Waals surface area contributed by atoms with Crippen molar-refractivity contribution in [1.82, 2.24) is 5.43 Å². The fourth-order valence-corrected chi connectivity index (χ4v) is 4.20. The van der Waals surface area contributed by atoms with Gasteiger partial charge in [-0.15, -0.1) is 0 Å². The second kappa shape index (κ2) is 5.75. The number of hydrazone groups is 1. The lowest BCUT2D eigenvalue weighted by Crippen LogP contribution is -2.34. The molecule has 23 heavy (non-hydrogen) atoms. The molecule has 0 saturated heterocycles. The average Bonchev–Trinajstić information content (AvgIpc) is 2.86. The maximum Gasteiger partial charge on any atom is 0.271 e. The van der Waals surface area contributed by atoms with Crippen molar-refractivity contribution >= 4 is 11.6 Å². The summed E-state index contributed by atoms with van der Waals surface area (Å²) in [6, 6.07) is 7.45. The molecule has 2 aliphatic rings. The van der Waals surface area contributed by atoms with Gasteiger partial charge in [0.2, 0.25) is 0 Å². The minimum Gasteiger partial charge on any atom is -0.380 e. The molecule has 0 radical (unpaired) electrons. The van der Waals surface area contributed by atoms with Gasteiger partial charge in [0, 0.05) is 23.8 Å². The van der Waals surface area contributed by atoms with Gasteiger partial charge in [-0.05, 0) is 48.3 Å². The van der Waals surface area contributed by atoms with E-state index in [4.69, 9.17) is 4.74 Å². The number of benzene rings is 1. The van der Waals surface area contributed by atoms with E-state index in [1.165, 1.54) is 12.8 Å². The van der Waals surface area contributed by atoms with Gasteiger partial charge in [0.1, 0.15) is 0 Å². The van der Waals surface area contributed by atoms with Crippen LogP contribution in [0.4, 0.5) is 0 Å². The number of carbonyl (C=O) groups excluding carboxylic acids is 1. The first-order valence-corrected chi connectivity index (χ1v) is 8.34. The summed E-state index contributed by atoms with van der Waals surface area (Å²) in [4.78, 5) is 12.3. The van der Waals surface area contributed by atoms with Crippen LogP contribution in [0, 0.1) is 16.7 Å². The Morgan fingerprint density at radius 2 is 2.00 bits per heavy atom. The van der Waals surface area contributed by atoms with Crippen LogP contribution in [-0.2, 0) is 11.3 Å². The Morgan fingerprint density at radius 3 is 2.52 bits per heavy atom. The van der Waals surface area contributed by atoms with Crippen molar-refractivity contribution in [2.45, 2.75) is 46.6 Å². The molecule has 2 aliphatic carbocycles. The van der Waals surface area contributed by atoms with Crippen LogP contribution in [0.15, 0.2) is 29.4 Å². The molecule has 1 aromatic rings. The second-order valence-electron chi connectivity index (χ2n) is 7.62. The summed E-state index contributed by atoms with van der Waals surface area (Å²) < 4.78 is 5.08. The van der Waals surface area contributed by atoms with Crippen molar-refractivity contribution in [3.05, 3.63) is 35.4 Å². The molecular formula is C19H26N2O2. The smallest absolute Gasteiger partial charge is 0.271 e. The highest BCUT2D eigenvalue weighted by molar-refractivity contribution is 5.98. The highest BCUT2D eigenvalue weighted by atomic mass is 16.5. The molecular weight excluding hydrogens is 288 g/mol. The maximum absolute atomic E-state index is 12.3. The Kier molecular flexibility index (Phi) is 4.05. The minimum absolute atomic E-state index is 0.118. The van der Waals surface area contributed by atoms with Crippen LogP contribution in [0.25, 0.3) is 0 Å². The lowest BCUT2D eigenvalue weighted by atomic mass is 9.70. The Balaban J connectivity index is 1.70. The molecule has 124 valence electrons. The van der Waals surface area contributed by atoms with Gasteiger partial charge < -0.3 is 4.74 Å². The summed E-state index contributed by atoms with van der Waals surface area (Å²) in [6.07, 6.45) is 3.46. The van der Waals surface area contributed by atoms with E-state index in [1.807, 2.05) is 24.3 Å². The summed E-state index contributed by atoms with van der Waals surface area (Å²) in [5.74, 6) is 0.544. The average molecular weight is 314 g/mol. The molecule has 2 saturated carbocycles. The molecule has 2 bridgehead atoms. The van der Waals surface area contributed by atoms with Gasteiger partial charge in [0.05, 0.1) is 6.61 Å². The third kappa shape index (κ3) is 2.59. The molecule has 1 aromatic carbocycles. The SMILES string of the molecule is COCc1ccc(C(=O)N/N=C2/C[C@@H]3CC[C@@]2(C)C3(C)C)cc1. The number of nitrogens with zero attached hydrogens (tertiary/aromatic N) is 1. The van der Waals surface area contributed by atoms with E-state index in [0.717, 1.165) is 17.7 Å². The molecule has 2 atom stereocenters.